The second-order valence-electron chi connectivity index (χ2n) is 4.27. The van der Waals surface area contributed by atoms with E-state index in [1.165, 1.54) is 0 Å². The number of hydrogen-bond donors (Lipinski definition) is 1. The molecule has 2 N–H and O–H groups in total. The molecule has 0 aliphatic rings. The van der Waals surface area contributed by atoms with Crippen molar-refractivity contribution in [1.29, 1.82) is 0 Å². The summed E-state index contributed by atoms with van der Waals surface area (Å²) in [7, 11) is 4.01. The Kier molecular flexibility index (Phi) is 3.11. The van der Waals surface area contributed by atoms with Crippen LogP contribution in [-0.2, 0) is 0 Å². The normalized spacial score (nSPS) is 10.5. The van der Waals surface area contributed by atoms with Crippen molar-refractivity contribution in [2.24, 2.45) is 5.73 Å². The molecule has 3 heteroatoms. The zero-order valence-corrected chi connectivity index (χ0v) is 10.1. The molecule has 0 fully saturated rings. The van der Waals surface area contributed by atoms with Gasteiger partial charge in [0.25, 0.3) is 0 Å². The smallest absolute Gasteiger partial charge is 0.176 e. The van der Waals surface area contributed by atoms with E-state index >= 15 is 0 Å². The summed E-state index contributed by atoms with van der Waals surface area (Å²) in [6.07, 6.45) is 0. The van der Waals surface area contributed by atoms with E-state index in [4.69, 9.17) is 5.73 Å². The summed E-state index contributed by atoms with van der Waals surface area (Å²) in [5.41, 5.74) is 7.18. The molecule has 0 atom stereocenters. The maximum atomic E-state index is 11.5. The van der Waals surface area contributed by atoms with Crippen molar-refractivity contribution in [3.63, 3.8) is 0 Å². The molecular weight excluding hydrogens is 212 g/mol. The highest BCUT2D eigenvalue weighted by molar-refractivity contribution is 6.01. The first kappa shape index (κ1) is 11.6. The van der Waals surface area contributed by atoms with Crippen LogP contribution in [0.1, 0.15) is 10.4 Å². The predicted octanol–water partition coefficient (Wildman–Crippen LogP) is 2.05. The Morgan fingerprint density at radius 1 is 1.12 bits per heavy atom. The minimum Gasteiger partial charge on any atom is -0.378 e. The highest BCUT2D eigenvalue weighted by atomic mass is 16.1. The summed E-state index contributed by atoms with van der Waals surface area (Å²) in [5.74, 6) is -0.0245. The molecule has 0 heterocycles. The summed E-state index contributed by atoms with van der Waals surface area (Å²) in [6.45, 7) is 0.0568. The van der Waals surface area contributed by atoms with E-state index in [9.17, 15) is 4.79 Å². The Bertz CT molecular complexity index is 561. The van der Waals surface area contributed by atoms with Crippen LogP contribution in [0, 0.1) is 0 Å². The fourth-order valence-corrected chi connectivity index (χ4v) is 1.80. The number of Topliss-reactive ketones (excluding diaryl/α,β-unsaturated/α-hetero) is 1. The van der Waals surface area contributed by atoms with Crippen molar-refractivity contribution in [2.45, 2.75) is 0 Å². The monoisotopic (exact) mass is 228 g/mol. The number of nitrogens with two attached hydrogens (primary N) is 1. The second-order valence-corrected chi connectivity index (χ2v) is 4.27. The van der Waals surface area contributed by atoms with Gasteiger partial charge in [-0.1, -0.05) is 18.2 Å². The first-order valence-electron chi connectivity index (χ1n) is 5.56. The Labute approximate surface area is 101 Å². The lowest BCUT2D eigenvalue weighted by Crippen LogP contribution is -2.13. The van der Waals surface area contributed by atoms with Crippen LogP contribution in [0.4, 0.5) is 5.69 Å². The number of ketones is 1. The quantitative estimate of drug-likeness (QED) is 0.818. The lowest BCUT2D eigenvalue weighted by Gasteiger charge is -2.13. The van der Waals surface area contributed by atoms with Crippen molar-refractivity contribution in [3.8, 4) is 0 Å². The largest absolute Gasteiger partial charge is 0.378 e. The van der Waals surface area contributed by atoms with Crippen molar-refractivity contribution in [1.82, 2.24) is 0 Å². The lowest BCUT2D eigenvalue weighted by molar-refractivity contribution is 0.100. The number of carbonyl (C=O) groups excluding carboxylic acids is 1. The molecule has 0 saturated carbocycles. The third-order valence-corrected chi connectivity index (χ3v) is 2.85. The van der Waals surface area contributed by atoms with Crippen LogP contribution in [-0.4, -0.2) is 26.4 Å². The standard InChI is InChI=1S/C14H16N2O/c1-16(2)13-6-5-10-7-12(14(17)9-15)4-3-11(10)8-13/h3-8H,9,15H2,1-2H3. The topological polar surface area (TPSA) is 46.3 Å². The summed E-state index contributed by atoms with van der Waals surface area (Å²) in [4.78, 5) is 13.6. The average Bonchev–Trinajstić information content (AvgIpc) is 2.36. The number of anilines is 1. The van der Waals surface area contributed by atoms with Crippen LogP contribution >= 0.6 is 0 Å². The van der Waals surface area contributed by atoms with Gasteiger partial charge >= 0.3 is 0 Å². The fraction of sp³-hybridized carbons (Fsp3) is 0.214. The molecule has 2 aromatic carbocycles. The molecule has 17 heavy (non-hydrogen) atoms. The molecule has 0 aromatic heterocycles. The molecule has 0 radical (unpaired) electrons. The number of fused-ring (bicyclic) bond motifs is 1. The van der Waals surface area contributed by atoms with Gasteiger partial charge in [0.05, 0.1) is 6.54 Å². The molecule has 0 aliphatic carbocycles. The van der Waals surface area contributed by atoms with Crippen LogP contribution in [0.5, 0.6) is 0 Å². The maximum absolute atomic E-state index is 11.5. The third-order valence-electron chi connectivity index (χ3n) is 2.85. The number of hydrogen-bond acceptors (Lipinski definition) is 3. The van der Waals surface area contributed by atoms with E-state index in [2.05, 4.69) is 11.0 Å². The van der Waals surface area contributed by atoms with Gasteiger partial charge in [-0.25, -0.2) is 0 Å². The van der Waals surface area contributed by atoms with Crippen LogP contribution in [0.15, 0.2) is 36.4 Å². The maximum Gasteiger partial charge on any atom is 0.176 e. The summed E-state index contributed by atoms with van der Waals surface area (Å²) < 4.78 is 0. The Balaban J connectivity index is 2.50. The van der Waals surface area contributed by atoms with Gasteiger partial charge in [-0.05, 0) is 29.0 Å². The lowest BCUT2D eigenvalue weighted by atomic mass is 10.0. The van der Waals surface area contributed by atoms with Crippen LogP contribution in [0.25, 0.3) is 10.8 Å². The summed E-state index contributed by atoms with van der Waals surface area (Å²) in [5, 5.41) is 2.19. The SMILES string of the molecule is CN(C)c1ccc2cc(C(=O)CN)ccc2c1. The van der Waals surface area contributed by atoms with Crippen molar-refractivity contribution in [2.75, 3.05) is 25.5 Å². The van der Waals surface area contributed by atoms with E-state index in [1.54, 1.807) is 0 Å². The molecule has 0 saturated heterocycles. The molecule has 3 nitrogen and oxygen atoms in total. The van der Waals surface area contributed by atoms with Gasteiger partial charge in [0.1, 0.15) is 0 Å². The van der Waals surface area contributed by atoms with Gasteiger partial charge < -0.3 is 10.6 Å². The Hall–Kier alpha value is -1.87. The molecule has 0 amide bonds. The predicted molar refractivity (Wildman–Crippen MR) is 71.7 cm³/mol. The summed E-state index contributed by atoms with van der Waals surface area (Å²) >= 11 is 0. The van der Waals surface area contributed by atoms with E-state index in [0.717, 1.165) is 16.5 Å². The zero-order chi connectivity index (χ0) is 12.4. The number of carbonyl (C=O) groups is 1. The van der Waals surface area contributed by atoms with Crippen LogP contribution in [0.3, 0.4) is 0 Å². The number of nitrogens with zero attached hydrogens (tertiary/aromatic N) is 1. The average molecular weight is 228 g/mol. The van der Waals surface area contributed by atoms with Gasteiger partial charge in [0.15, 0.2) is 5.78 Å². The van der Waals surface area contributed by atoms with Gasteiger partial charge in [-0.2, -0.15) is 0 Å². The third kappa shape index (κ3) is 2.29. The minimum atomic E-state index is -0.0245. The Morgan fingerprint density at radius 2 is 1.76 bits per heavy atom. The second kappa shape index (κ2) is 4.55. The van der Waals surface area contributed by atoms with Crippen molar-refractivity contribution < 1.29 is 4.79 Å². The molecule has 2 rings (SSSR count). The minimum absolute atomic E-state index is 0.0245. The van der Waals surface area contributed by atoms with E-state index in [1.807, 2.05) is 44.4 Å². The molecule has 0 aliphatic heterocycles. The highest BCUT2D eigenvalue weighted by Gasteiger charge is 2.05. The van der Waals surface area contributed by atoms with Gasteiger partial charge in [-0.3, -0.25) is 4.79 Å². The van der Waals surface area contributed by atoms with E-state index in [-0.39, 0.29) is 12.3 Å². The highest BCUT2D eigenvalue weighted by Crippen LogP contribution is 2.22. The van der Waals surface area contributed by atoms with Crippen molar-refractivity contribution in [3.05, 3.63) is 42.0 Å². The Morgan fingerprint density at radius 3 is 2.41 bits per heavy atom. The number of benzene rings is 2. The molecular formula is C14H16N2O. The fourth-order valence-electron chi connectivity index (χ4n) is 1.80. The first-order valence-corrected chi connectivity index (χ1v) is 5.56. The van der Waals surface area contributed by atoms with E-state index in [0.29, 0.717) is 5.56 Å². The number of rotatable bonds is 3. The molecule has 0 bridgehead atoms. The molecule has 0 unspecified atom stereocenters. The van der Waals surface area contributed by atoms with Crippen LogP contribution in [0.2, 0.25) is 0 Å². The zero-order valence-electron chi connectivity index (χ0n) is 10.1. The van der Waals surface area contributed by atoms with Crippen LogP contribution < -0.4 is 10.6 Å². The first-order chi connectivity index (χ1) is 8.11. The van der Waals surface area contributed by atoms with Gasteiger partial charge in [0.2, 0.25) is 0 Å². The van der Waals surface area contributed by atoms with Crippen molar-refractivity contribution >= 4 is 22.2 Å². The molecule has 2 aromatic rings. The van der Waals surface area contributed by atoms with Gasteiger partial charge in [0, 0.05) is 25.3 Å². The molecule has 0 spiro atoms. The van der Waals surface area contributed by atoms with Gasteiger partial charge in [-0.15, -0.1) is 0 Å². The summed E-state index contributed by atoms with van der Waals surface area (Å²) in [6, 6.07) is 11.9. The molecule has 88 valence electrons. The van der Waals surface area contributed by atoms with E-state index < -0.39 is 0 Å².